The summed E-state index contributed by atoms with van der Waals surface area (Å²) in [6, 6.07) is 7.90. The number of terminal acetylenes is 1. The molecule has 2 N–H and O–H groups in total. The molecule has 182 valence electrons. The molecule has 1 aromatic carbocycles. The van der Waals surface area contributed by atoms with Gasteiger partial charge >= 0.3 is 13.3 Å². The van der Waals surface area contributed by atoms with E-state index in [0.717, 1.165) is 21.0 Å². The minimum atomic E-state index is -4.12. The van der Waals surface area contributed by atoms with Crippen LogP contribution in [0.3, 0.4) is 0 Å². The highest BCUT2D eigenvalue weighted by molar-refractivity contribution is 9.10. The molecule has 2 aromatic heterocycles. The van der Waals surface area contributed by atoms with Gasteiger partial charge in [0.2, 0.25) is 0 Å². The Hall–Kier alpha value is -2.44. The van der Waals surface area contributed by atoms with Gasteiger partial charge in [-0.3, -0.25) is 13.9 Å². The molecule has 0 aliphatic heterocycles. The number of halogens is 1. The fourth-order valence-corrected chi connectivity index (χ4v) is 5.08. The number of fused-ring (bicyclic) bond motifs is 1. The quantitative estimate of drug-likeness (QED) is 0.215. The van der Waals surface area contributed by atoms with Gasteiger partial charge in [0.05, 0.1) is 6.54 Å². The lowest BCUT2D eigenvalue weighted by Gasteiger charge is -2.12. The number of benzene rings is 1. The first kappa shape index (κ1) is 26.2. The summed E-state index contributed by atoms with van der Waals surface area (Å²) in [5.41, 5.74) is 0.684. The molecule has 0 fully saturated rings. The molecular formula is C23H28BrN4O5P. The van der Waals surface area contributed by atoms with Gasteiger partial charge in [0.15, 0.2) is 11.2 Å². The summed E-state index contributed by atoms with van der Waals surface area (Å²) in [5, 5.41) is 0. The fraction of sp³-hybridized carbons (Fsp3) is 0.435. The number of rotatable bonds is 11. The molecule has 0 aliphatic carbocycles. The van der Waals surface area contributed by atoms with Gasteiger partial charge in [-0.15, -0.1) is 6.42 Å². The molecular weight excluding hydrogens is 523 g/mol. The highest BCUT2D eigenvalue weighted by atomic mass is 79.9. The summed E-state index contributed by atoms with van der Waals surface area (Å²) in [6.45, 7) is 2.57. The topological polar surface area (TPSA) is 119 Å². The maximum absolute atomic E-state index is 13.3. The number of unbranched alkanes of at least 4 members (excludes halogenated alkanes) is 1. The van der Waals surface area contributed by atoms with Crippen molar-refractivity contribution in [1.82, 2.24) is 18.7 Å². The number of hydrogen-bond donors (Lipinski definition) is 2. The third-order valence-corrected chi connectivity index (χ3v) is 7.22. The van der Waals surface area contributed by atoms with Gasteiger partial charge in [0, 0.05) is 30.1 Å². The average Bonchev–Trinajstić information content (AvgIpc) is 3.13. The highest BCUT2D eigenvalue weighted by Gasteiger charge is 2.21. The van der Waals surface area contributed by atoms with Crippen molar-refractivity contribution in [2.75, 3.05) is 6.16 Å². The Morgan fingerprint density at radius 1 is 1.09 bits per heavy atom. The highest BCUT2D eigenvalue weighted by Crippen LogP contribution is 2.35. The van der Waals surface area contributed by atoms with Crippen molar-refractivity contribution >= 4 is 34.7 Å². The zero-order valence-corrected chi connectivity index (χ0v) is 21.5. The van der Waals surface area contributed by atoms with E-state index in [9.17, 15) is 14.2 Å². The molecule has 2 heterocycles. The standard InChI is InChI=1S/C23H28BrN4O5P/c1-3-13-26-19(12-11-17-9-5-6-10-18(17)24)25-21-20(26)22(29)28(14-4-2)23(30)27(21)15-7-8-16-34(31,32)33/h2,5-6,9-10H,3,7-8,11-16H2,1H3,(H2,31,32,33). The molecule has 3 aromatic rings. The Kier molecular flexibility index (Phi) is 8.72. The van der Waals surface area contributed by atoms with Gasteiger partial charge < -0.3 is 14.4 Å². The second-order valence-corrected chi connectivity index (χ2v) is 10.7. The van der Waals surface area contributed by atoms with Crippen molar-refractivity contribution in [3.63, 3.8) is 0 Å². The van der Waals surface area contributed by atoms with Crippen LogP contribution >= 0.6 is 23.5 Å². The Balaban J connectivity index is 2.08. The lowest BCUT2D eigenvalue weighted by atomic mass is 10.1. The van der Waals surface area contributed by atoms with Crippen LogP contribution in [0.1, 0.15) is 37.6 Å². The Morgan fingerprint density at radius 3 is 2.47 bits per heavy atom. The second-order valence-electron chi connectivity index (χ2n) is 8.07. The maximum Gasteiger partial charge on any atom is 0.333 e. The van der Waals surface area contributed by atoms with Gasteiger partial charge in [-0.1, -0.05) is 47.0 Å². The third kappa shape index (κ3) is 5.97. The molecule has 0 saturated heterocycles. The second kappa shape index (κ2) is 11.3. The van der Waals surface area contributed by atoms with E-state index in [-0.39, 0.29) is 31.3 Å². The van der Waals surface area contributed by atoms with Crippen molar-refractivity contribution in [1.29, 1.82) is 0 Å². The smallest absolute Gasteiger partial charge is 0.324 e. The summed E-state index contributed by atoms with van der Waals surface area (Å²) < 4.78 is 16.5. The van der Waals surface area contributed by atoms with Crippen LogP contribution in [0.2, 0.25) is 0 Å². The van der Waals surface area contributed by atoms with Crippen molar-refractivity contribution in [2.45, 2.75) is 58.7 Å². The number of hydrogen-bond acceptors (Lipinski definition) is 4. The monoisotopic (exact) mass is 550 g/mol. The fourth-order valence-electron chi connectivity index (χ4n) is 3.96. The van der Waals surface area contributed by atoms with Crippen LogP contribution in [0.25, 0.3) is 11.2 Å². The summed E-state index contributed by atoms with van der Waals surface area (Å²) in [5.74, 6) is 3.07. The third-order valence-electron chi connectivity index (χ3n) is 5.55. The van der Waals surface area contributed by atoms with E-state index in [1.165, 1.54) is 4.57 Å². The molecule has 0 atom stereocenters. The number of aryl methyl sites for hydroxylation is 4. The molecule has 0 spiro atoms. The summed E-state index contributed by atoms with van der Waals surface area (Å²) in [6.07, 6.45) is 7.76. The predicted molar refractivity (Wildman–Crippen MR) is 135 cm³/mol. The van der Waals surface area contributed by atoms with Crippen molar-refractivity contribution in [3.8, 4) is 12.3 Å². The molecule has 0 amide bonds. The van der Waals surface area contributed by atoms with Crippen molar-refractivity contribution in [3.05, 3.63) is 61.0 Å². The van der Waals surface area contributed by atoms with Crippen LogP contribution in [-0.2, 0) is 37.0 Å². The van der Waals surface area contributed by atoms with Crippen molar-refractivity contribution in [2.24, 2.45) is 0 Å². The molecule has 9 nitrogen and oxygen atoms in total. The van der Waals surface area contributed by atoms with Crippen LogP contribution in [0.5, 0.6) is 0 Å². The minimum absolute atomic E-state index is 0.167. The van der Waals surface area contributed by atoms with E-state index in [1.807, 2.05) is 35.8 Å². The molecule has 0 radical (unpaired) electrons. The largest absolute Gasteiger partial charge is 0.333 e. The number of aromatic nitrogens is 4. The van der Waals surface area contributed by atoms with E-state index < -0.39 is 18.8 Å². The Bertz CT molecular complexity index is 1380. The van der Waals surface area contributed by atoms with E-state index in [2.05, 4.69) is 21.9 Å². The van der Waals surface area contributed by atoms with Crippen molar-refractivity contribution < 1.29 is 14.4 Å². The summed E-state index contributed by atoms with van der Waals surface area (Å²) in [4.78, 5) is 49.3. The zero-order chi connectivity index (χ0) is 24.9. The van der Waals surface area contributed by atoms with Crippen LogP contribution in [0, 0.1) is 12.3 Å². The summed E-state index contributed by atoms with van der Waals surface area (Å²) >= 11 is 3.56. The molecule has 11 heteroatoms. The average molecular weight is 551 g/mol. The first-order chi connectivity index (χ1) is 16.2. The molecule has 0 unspecified atom stereocenters. The molecule has 0 saturated carbocycles. The van der Waals surface area contributed by atoms with E-state index in [4.69, 9.17) is 21.2 Å². The normalized spacial score (nSPS) is 11.7. The molecule has 0 aliphatic rings. The number of imidazole rings is 1. The van der Waals surface area contributed by atoms with Gasteiger partial charge in [-0.2, -0.15) is 0 Å². The van der Waals surface area contributed by atoms with Crippen LogP contribution in [0.15, 0.2) is 38.3 Å². The van der Waals surface area contributed by atoms with E-state index >= 15 is 0 Å². The molecule has 0 bridgehead atoms. The van der Waals surface area contributed by atoms with E-state index in [0.29, 0.717) is 37.1 Å². The first-order valence-corrected chi connectivity index (χ1v) is 13.7. The van der Waals surface area contributed by atoms with Crippen LogP contribution in [0.4, 0.5) is 0 Å². The number of nitrogens with zero attached hydrogens (tertiary/aromatic N) is 4. The first-order valence-electron chi connectivity index (χ1n) is 11.1. The Morgan fingerprint density at radius 2 is 1.82 bits per heavy atom. The van der Waals surface area contributed by atoms with Crippen LogP contribution in [-0.4, -0.2) is 34.6 Å². The van der Waals surface area contributed by atoms with E-state index in [1.54, 1.807) is 0 Å². The van der Waals surface area contributed by atoms with Gasteiger partial charge in [-0.25, -0.2) is 14.3 Å². The minimum Gasteiger partial charge on any atom is -0.324 e. The lowest BCUT2D eigenvalue weighted by molar-refractivity contribution is 0.370. The van der Waals surface area contributed by atoms with Crippen LogP contribution < -0.4 is 11.2 Å². The molecule has 3 rings (SSSR count). The van der Waals surface area contributed by atoms with Gasteiger partial charge in [0.25, 0.3) is 5.56 Å². The zero-order valence-electron chi connectivity index (χ0n) is 19.0. The van der Waals surface area contributed by atoms with Gasteiger partial charge in [0.1, 0.15) is 5.82 Å². The lowest BCUT2D eigenvalue weighted by Crippen LogP contribution is -2.40. The molecule has 34 heavy (non-hydrogen) atoms. The summed E-state index contributed by atoms with van der Waals surface area (Å²) in [7, 11) is -4.12. The van der Waals surface area contributed by atoms with Gasteiger partial charge in [-0.05, 0) is 37.3 Å². The predicted octanol–water partition coefficient (Wildman–Crippen LogP) is 2.91. The SMILES string of the molecule is C#CCn1c(=O)c2c(nc(CCc3ccccc3Br)n2CCC)n(CCCCP(=O)(O)O)c1=O. The Labute approximate surface area is 205 Å². The maximum atomic E-state index is 13.3.